The van der Waals surface area contributed by atoms with Crippen molar-refractivity contribution in [1.82, 2.24) is 19.8 Å². The Hall–Kier alpha value is -2.66. The van der Waals surface area contributed by atoms with E-state index in [1.165, 1.54) is 28.2 Å². The lowest BCUT2D eigenvalue weighted by molar-refractivity contribution is 0.286. The molecule has 1 saturated heterocycles. The van der Waals surface area contributed by atoms with E-state index in [4.69, 9.17) is 12.2 Å². The summed E-state index contributed by atoms with van der Waals surface area (Å²) in [5.41, 5.74) is 7.43. The molecular formula is C25H30N4S. The van der Waals surface area contributed by atoms with Crippen LogP contribution in [0.5, 0.6) is 0 Å². The van der Waals surface area contributed by atoms with Gasteiger partial charge in [-0.25, -0.2) is 0 Å². The summed E-state index contributed by atoms with van der Waals surface area (Å²) in [6.07, 6.45) is 1.86. The SMILES string of the molecule is Cc1c([C@@H]2[C@@H](c3ccccn3)NC(=S)N2CC(C)C)c(C)n(-c2ccccc2)c1C. The Morgan fingerprint density at radius 3 is 2.33 bits per heavy atom. The first-order valence-corrected chi connectivity index (χ1v) is 11.0. The van der Waals surface area contributed by atoms with Gasteiger partial charge >= 0.3 is 0 Å². The average Bonchev–Trinajstić information content (AvgIpc) is 3.16. The number of para-hydroxylation sites is 1. The van der Waals surface area contributed by atoms with E-state index in [0.29, 0.717) is 5.92 Å². The first-order valence-electron chi connectivity index (χ1n) is 10.6. The van der Waals surface area contributed by atoms with Gasteiger partial charge in [0.2, 0.25) is 0 Å². The second kappa shape index (κ2) is 8.23. The van der Waals surface area contributed by atoms with Gasteiger partial charge in [-0.2, -0.15) is 0 Å². The summed E-state index contributed by atoms with van der Waals surface area (Å²) in [6, 6.07) is 16.8. The largest absolute Gasteiger partial charge is 0.352 e. The van der Waals surface area contributed by atoms with Gasteiger partial charge in [0.05, 0.1) is 17.8 Å². The summed E-state index contributed by atoms with van der Waals surface area (Å²) < 4.78 is 2.37. The third kappa shape index (κ3) is 3.52. The van der Waals surface area contributed by atoms with Gasteiger partial charge < -0.3 is 14.8 Å². The third-order valence-electron chi connectivity index (χ3n) is 6.08. The van der Waals surface area contributed by atoms with Gasteiger partial charge in [0, 0.05) is 35.4 Å². The molecule has 4 rings (SSSR count). The summed E-state index contributed by atoms with van der Waals surface area (Å²) in [4.78, 5) is 7.04. The molecule has 0 bridgehead atoms. The highest BCUT2D eigenvalue weighted by molar-refractivity contribution is 7.80. The molecule has 2 atom stereocenters. The van der Waals surface area contributed by atoms with Crippen LogP contribution in [0.25, 0.3) is 5.69 Å². The normalized spacial score (nSPS) is 18.9. The van der Waals surface area contributed by atoms with Gasteiger partial charge in [-0.1, -0.05) is 38.1 Å². The van der Waals surface area contributed by atoms with E-state index in [-0.39, 0.29) is 12.1 Å². The zero-order valence-electron chi connectivity index (χ0n) is 18.4. The number of rotatable bonds is 5. The van der Waals surface area contributed by atoms with E-state index >= 15 is 0 Å². The minimum atomic E-state index is 0.0286. The summed E-state index contributed by atoms with van der Waals surface area (Å²) in [5, 5.41) is 4.40. The predicted octanol–water partition coefficient (Wildman–Crippen LogP) is 5.43. The molecule has 1 N–H and O–H groups in total. The van der Waals surface area contributed by atoms with Gasteiger partial charge in [-0.3, -0.25) is 4.98 Å². The lowest BCUT2D eigenvalue weighted by Gasteiger charge is -2.30. The van der Waals surface area contributed by atoms with Gasteiger partial charge in [-0.05, 0) is 68.7 Å². The Morgan fingerprint density at radius 1 is 1.00 bits per heavy atom. The Labute approximate surface area is 184 Å². The topological polar surface area (TPSA) is 33.1 Å². The molecule has 0 amide bonds. The molecule has 3 heterocycles. The number of hydrogen-bond donors (Lipinski definition) is 1. The second-order valence-corrected chi connectivity index (χ2v) is 8.94. The molecule has 0 radical (unpaired) electrons. The fourth-order valence-corrected chi connectivity index (χ4v) is 5.03. The van der Waals surface area contributed by atoms with Crippen molar-refractivity contribution in [3.8, 4) is 5.69 Å². The number of aromatic nitrogens is 2. The summed E-state index contributed by atoms with van der Waals surface area (Å²) in [5.74, 6) is 0.507. The lowest BCUT2D eigenvalue weighted by atomic mass is 9.93. The van der Waals surface area contributed by atoms with Crippen LogP contribution in [0, 0.1) is 26.7 Å². The van der Waals surface area contributed by atoms with E-state index in [2.05, 4.69) is 96.9 Å². The highest BCUT2D eigenvalue weighted by atomic mass is 32.1. The molecule has 0 unspecified atom stereocenters. The van der Waals surface area contributed by atoms with Crippen molar-refractivity contribution in [2.75, 3.05) is 6.54 Å². The molecule has 0 aliphatic carbocycles. The Bertz CT molecular complexity index is 1040. The van der Waals surface area contributed by atoms with E-state index in [9.17, 15) is 0 Å². The van der Waals surface area contributed by atoms with Crippen molar-refractivity contribution in [2.45, 2.75) is 46.7 Å². The summed E-state index contributed by atoms with van der Waals surface area (Å²) in [6.45, 7) is 12.1. The Balaban J connectivity index is 1.89. The fourth-order valence-electron chi connectivity index (χ4n) is 4.72. The maximum atomic E-state index is 5.81. The fraction of sp³-hybridized carbons (Fsp3) is 0.360. The number of hydrogen-bond acceptors (Lipinski definition) is 2. The van der Waals surface area contributed by atoms with Crippen LogP contribution < -0.4 is 5.32 Å². The van der Waals surface area contributed by atoms with Crippen LogP contribution in [-0.2, 0) is 0 Å². The molecule has 156 valence electrons. The second-order valence-electron chi connectivity index (χ2n) is 8.55. The molecule has 5 heteroatoms. The van der Waals surface area contributed by atoms with E-state index in [0.717, 1.165) is 17.4 Å². The van der Waals surface area contributed by atoms with Crippen LogP contribution in [-0.4, -0.2) is 26.1 Å². The number of nitrogens with zero attached hydrogens (tertiary/aromatic N) is 3. The van der Waals surface area contributed by atoms with Crippen molar-refractivity contribution >= 4 is 17.3 Å². The first kappa shape index (κ1) is 20.6. The molecule has 1 aliphatic rings. The van der Waals surface area contributed by atoms with Crippen LogP contribution in [0.4, 0.5) is 0 Å². The van der Waals surface area contributed by atoms with Crippen molar-refractivity contribution in [1.29, 1.82) is 0 Å². The number of thiocarbonyl (C=S) groups is 1. The minimum absolute atomic E-state index is 0.0286. The maximum Gasteiger partial charge on any atom is 0.170 e. The molecule has 4 nitrogen and oxygen atoms in total. The van der Waals surface area contributed by atoms with E-state index in [1.807, 2.05) is 12.3 Å². The highest BCUT2D eigenvalue weighted by Crippen LogP contribution is 2.43. The van der Waals surface area contributed by atoms with E-state index in [1.54, 1.807) is 0 Å². The third-order valence-corrected chi connectivity index (χ3v) is 6.43. The molecule has 1 aromatic carbocycles. The summed E-state index contributed by atoms with van der Waals surface area (Å²) >= 11 is 5.81. The number of nitrogens with one attached hydrogen (secondary N) is 1. The van der Waals surface area contributed by atoms with Crippen LogP contribution in [0.15, 0.2) is 54.7 Å². The van der Waals surface area contributed by atoms with E-state index < -0.39 is 0 Å². The maximum absolute atomic E-state index is 5.81. The molecule has 1 fully saturated rings. The van der Waals surface area contributed by atoms with Crippen LogP contribution in [0.1, 0.15) is 54.1 Å². The molecule has 0 saturated carbocycles. The standard InChI is InChI=1S/C25H30N4S/c1-16(2)15-28-24(23(27-25(28)30)21-13-9-10-14-26-21)22-17(3)18(4)29(19(22)5)20-11-7-6-8-12-20/h6-14,16,23-24H,15H2,1-5H3,(H,27,30)/t23-,24-/m1/s1. The number of benzene rings is 1. The average molecular weight is 419 g/mol. The molecule has 30 heavy (non-hydrogen) atoms. The summed E-state index contributed by atoms with van der Waals surface area (Å²) in [7, 11) is 0. The Kier molecular flexibility index (Phi) is 5.65. The highest BCUT2D eigenvalue weighted by Gasteiger charge is 2.42. The quantitative estimate of drug-likeness (QED) is 0.561. The predicted molar refractivity (Wildman–Crippen MR) is 127 cm³/mol. The molecule has 0 spiro atoms. The molecule has 3 aromatic rings. The van der Waals surface area contributed by atoms with Gasteiger partial charge in [-0.15, -0.1) is 0 Å². The van der Waals surface area contributed by atoms with Crippen LogP contribution in [0.2, 0.25) is 0 Å². The van der Waals surface area contributed by atoms with Crippen molar-refractivity contribution in [3.63, 3.8) is 0 Å². The van der Waals surface area contributed by atoms with Gasteiger partial charge in [0.15, 0.2) is 5.11 Å². The smallest absolute Gasteiger partial charge is 0.170 e. The Morgan fingerprint density at radius 2 is 1.70 bits per heavy atom. The van der Waals surface area contributed by atoms with Crippen LogP contribution >= 0.6 is 12.2 Å². The van der Waals surface area contributed by atoms with Gasteiger partial charge in [0.25, 0.3) is 0 Å². The molecule has 1 aliphatic heterocycles. The van der Waals surface area contributed by atoms with Gasteiger partial charge in [0.1, 0.15) is 0 Å². The lowest BCUT2D eigenvalue weighted by Crippen LogP contribution is -2.33. The van der Waals surface area contributed by atoms with Crippen LogP contribution in [0.3, 0.4) is 0 Å². The molecular weight excluding hydrogens is 388 g/mol. The zero-order valence-corrected chi connectivity index (χ0v) is 19.2. The molecule has 2 aromatic heterocycles. The minimum Gasteiger partial charge on any atom is -0.352 e. The van der Waals surface area contributed by atoms with Crippen molar-refractivity contribution in [3.05, 3.63) is 82.9 Å². The monoisotopic (exact) mass is 418 g/mol. The van der Waals surface area contributed by atoms with Crippen molar-refractivity contribution in [2.24, 2.45) is 5.92 Å². The first-order chi connectivity index (χ1) is 14.4. The number of pyridine rings is 1. The zero-order chi connectivity index (χ0) is 21.4. The van der Waals surface area contributed by atoms with Crippen molar-refractivity contribution < 1.29 is 0 Å².